The number of ketones is 1. The van der Waals surface area contributed by atoms with Gasteiger partial charge in [-0.1, -0.05) is 6.92 Å². The maximum Gasteiger partial charge on any atom is 0.161 e. The van der Waals surface area contributed by atoms with Gasteiger partial charge in [0.1, 0.15) is 0 Å². The van der Waals surface area contributed by atoms with Crippen LogP contribution >= 0.6 is 0 Å². The van der Waals surface area contributed by atoms with Crippen molar-refractivity contribution in [3.8, 4) is 0 Å². The standard InChI is InChI=1S/C15H22N2O/c1-10-3-5-12(6-4-10)17-13-7-8-15(16)14(9-13)11(2)18/h7-10,12,17H,3-6,16H2,1-2H3. The maximum atomic E-state index is 11.4. The fourth-order valence-electron chi connectivity index (χ4n) is 2.59. The van der Waals surface area contributed by atoms with Crippen molar-refractivity contribution in [3.05, 3.63) is 23.8 Å². The summed E-state index contributed by atoms with van der Waals surface area (Å²) in [7, 11) is 0. The summed E-state index contributed by atoms with van der Waals surface area (Å²) in [6.07, 6.45) is 4.99. The van der Waals surface area contributed by atoms with E-state index in [9.17, 15) is 4.79 Å². The zero-order valence-corrected chi connectivity index (χ0v) is 11.2. The summed E-state index contributed by atoms with van der Waals surface area (Å²) in [4.78, 5) is 11.4. The molecule has 1 saturated carbocycles. The topological polar surface area (TPSA) is 55.1 Å². The van der Waals surface area contributed by atoms with E-state index in [0.717, 1.165) is 11.6 Å². The summed E-state index contributed by atoms with van der Waals surface area (Å²) in [5.74, 6) is 0.871. The van der Waals surface area contributed by atoms with Crippen LogP contribution in [0.1, 0.15) is 49.9 Å². The van der Waals surface area contributed by atoms with Gasteiger partial charge in [-0.05, 0) is 56.7 Å². The minimum atomic E-state index is 0.0217. The molecule has 0 saturated heterocycles. The highest BCUT2D eigenvalue weighted by atomic mass is 16.1. The van der Waals surface area contributed by atoms with Crippen LogP contribution in [0, 0.1) is 5.92 Å². The van der Waals surface area contributed by atoms with Crippen molar-refractivity contribution >= 4 is 17.2 Å². The molecule has 1 aliphatic rings. The summed E-state index contributed by atoms with van der Waals surface area (Å²) >= 11 is 0. The number of benzene rings is 1. The number of hydrogen-bond acceptors (Lipinski definition) is 3. The summed E-state index contributed by atoms with van der Waals surface area (Å²) in [5, 5.41) is 3.52. The molecule has 1 aromatic rings. The third-order valence-corrected chi connectivity index (χ3v) is 3.82. The molecule has 2 rings (SSSR count). The van der Waals surface area contributed by atoms with Gasteiger partial charge < -0.3 is 11.1 Å². The van der Waals surface area contributed by atoms with Gasteiger partial charge in [-0.15, -0.1) is 0 Å². The van der Waals surface area contributed by atoms with Crippen LogP contribution in [0.3, 0.4) is 0 Å². The zero-order valence-electron chi connectivity index (χ0n) is 11.2. The minimum Gasteiger partial charge on any atom is -0.398 e. The molecule has 0 aromatic heterocycles. The number of carbonyl (C=O) groups is 1. The van der Waals surface area contributed by atoms with Crippen molar-refractivity contribution < 1.29 is 4.79 Å². The summed E-state index contributed by atoms with van der Waals surface area (Å²) in [6.45, 7) is 3.87. The van der Waals surface area contributed by atoms with Gasteiger partial charge in [0.25, 0.3) is 0 Å². The van der Waals surface area contributed by atoms with Crippen molar-refractivity contribution in [2.24, 2.45) is 5.92 Å². The Hall–Kier alpha value is -1.51. The predicted octanol–water partition coefficient (Wildman–Crippen LogP) is 3.46. The van der Waals surface area contributed by atoms with Gasteiger partial charge in [-0.2, -0.15) is 0 Å². The third kappa shape index (κ3) is 3.03. The third-order valence-electron chi connectivity index (χ3n) is 3.82. The van der Waals surface area contributed by atoms with Gasteiger partial charge in [-0.3, -0.25) is 4.79 Å². The van der Waals surface area contributed by atoms with Crippen LogP contribution in [0.25, 0.3) is 0 Å². The predicted molar refractivity (Wildman–Crippen MR) is 75.9 cm³/mol. The first-order valence-electron chi connectivity index (χ1n) is 6.73. The molecule has 18 heavy (non-hydrogen) atoms. The molecule has 1 aliphatic carbocycles. The van der Waals surface area contributed by atoms with E-state index in [2.05, 4.69) is 12.2 Å². The second-order valence-corrected chi connectivity index (χ2v) is 5.46. The van der Waals surface area contributed by atoms with Gasteiger partial charge in [-0.25, -0.2) is 0 Å². The molecule has 3 heteroatoms. The lowest BCUT2D eigenvalue weighted by Gasteiger charge is -2.28. The fraction of sp³-hybridized carbons (Fsp3) is 0.533. The highest BCUT2D eigenvalue weighted by Gasteiger charge is 2.18. The Kier molecular flexibility index (Phi) is 3.90. The van der Waals surface area contributed by atoms with Crippen LogP contribution in [0.4, 0.5) is 11.4 Å². The lowest BCUT2D eigenvalue weighted by atomic mass is 9.87. The first-order valence-corrected chi connectivity index (χ1v) is 6.73. The second-order valence-electron chi connectivity index (χ2n) is 5.46. The molecule has 0 atom stereocenters. The van der Waals surface area contributed by atoms with Crippen LogP contribution in [0.15, 0.2) is 18.2 Å². The van der Waals surface area contributed by atoms with Crippen molar-refractivity contribution in [2.45, 2.75) is 45.6 Å². The number of nitrogen functional groups attached to an aromatic ring is 1. The van der Waals surface area contributed by atoms with E-state index in [-0.39, 0.29) is 5.78 Å². The largest absolute Gasteiger partial charge is 0.398 e. The summed E-state index contributed by atoms with van der Waals surface area (Å²) < 4.78 is 0. The second kappa shape index (κ2) is 5.42. The number of hydrogen-bond donors (Lipinski definition) is 2. The summed E-state index contributed by atoms with van der Waals surface area (Å²) in [6, 6.07) is 6.17. The van der Waals surface area contributed by atoms with Gasteiger partial charge in [0, 0.05) is 23.0 Å². The minimum absolute atomic E-state index is 0.0217. The smallest absolute Gasteiger partial charge is 0.161 e. The monoisotopic (exact) mass is 246 g/mol. The Balaban J connectivity index is 2.05. The van der Waals surface area contributed by atoms with E-state index in [1.54, 1.807) is 6.92 Å². The molecule has 0 heterocycles. The number of carbonyl (C=O) groups excluding carboxylic acids is 1. The Morgan fingerprint density at radius 3 is 2.56 bits per heavy atom. The van der Waals surface area contributed by atoms with Crippen LogP contribution in [0.5, 0.6) is 0 Å². The lowest BCUT2D eigenvalue weighted by Crippen LogP contribution is -2.25. The first-order chi connectivity index (χ1) is 8.56. The van der Waals surface area contributed by atoms with Gasteiger partial charge in [0.15, 0.2) is 5.78 Å². The highest BCUT2D eigenvalue weighted by molar-refractivity contribution is 6.00. The Morgan fingerprint density at radius 2 is 1.94 bits per heavy atom. The fourth-order valence-corrected chi connectivity index (χ4v) is 2.59. The van der Waals surface area contributed by atoms with Crippen LogP contribution < -0.4 is 11.1 Å². The molecule has 3 N–H and O–H groups in total. The zero-order chi connectivity index (χ0) is 13.1. The van der Waals surface area contributed by atoms with E-state index in [1.165, 1.54) is 25.7 Å². The van der Waals surface area contributed by atoms with Crippen molar-refractivity contribution in [1.29, 1.82) is 0 Å². The van der Waals surface area contributed by atoms with Gasteiger partial charge in [0.2, 0.25) is 0 Å². The number of nitrogens with two attached hydrogens (primary N) is 1. The van der Waals surface area contributed by atoms with E-state index in [1.807, 2.05) is 18.2 Å². The molecular formula is C15H22N2O. The average molecular weight is 246 g/mol. The number of Topliss-reactive ketones (excluding diaryl/α,β-unsaturated/α-hetero) is 1. The van der Waals surface area contributed by atoms with Crippen molar-refractivity contribution in [3.63, 3.8) is 0 Å². The van der Waals surface area contributed by atoms with Crippen molar-refractivity contribution in [1.82, 2.24) is 0 Å². The molecule has 0 amide bonds. The Bertz CT molecular complexity index is 434. The van der Waals surface area contributed by atoms with Gasteiger partial charge >= 0.3 is 0 Å². The van der Waals surface area contributed by atoms with Crippen molar-refractivity contribution in [2.75, 3.05) is 11.1 Å². The normalized spacial score (nSPS) is 23.7. The van der Waals surface area contributed by atoms with Crippen LogP contribution in [0.2, 0.25) is 0 Å². The molecule has 0 bridgehead atoms. The molecular weight excluding hydrogens is 224 g/mol. The SMILES string of the molecule is CC(=O)c1cc(NC2CCC(C)CC2)ccc1N. The Labute approximate surface area is 109 Å². The average Bonchev–Trinajstić information content (AvgIpc) is 2.34. The summed E-state index contributed by atoms with van der Waals surface area (Å²) in [5.41, 5.74) is 7.98. The molecule has 0 aliphatic heterocycles. The maximum absolute atomic E-state index is 11.4. The number of anilines is 2. The molecule has 0 unspecified atom stereocenters. The quantitative estimate of drug-likeness (QED) is 0.634. The lowest BCUT2D eigenvalue weighted by molar-refractivity contribution is 0.101. The highest BCUT2D eigenvalue weighted by Crippen LogP contribution is 2.27. The molecule has 1 fully saturated rings. The van der Waals surface area contributed by atoms with E-state index >= 15 is 0 Å². The van der Waals surface area contributed by atoms with Crippen LogP contribution in [-0.4, -0.2) is 11.8 Å². The van der Waals surface area contributed by atoms with Gasteiger partial charge in [0.05, 0.1) is 0 Å². The molecule has 1 aromatic carbocycles. The molecule has 3 nitrogen and oxygen atoms in total. The van der Waals surface area contributed by atoms with Crippen LogP contribution in [-0.2, 0) is 0 Å². The molecule has 0 spiro atoms. The molecule has 98 valence electrons. The van der Waals surface area contributed by atoms with E-state index < -0.39 is 0 Å². The van der Waals surface area contributed by atoms with E-state index in [0.29, 0.717) is 17.3 Å². The van der Waals surface area contributed by atoms with E-state index in [4.69, 9.17) is 5.73 Å². The Morgan fingerprint density at radius 1 is 1.28 bits per heavy atom. The molecule has 0 radical (unpaired) electrons. The number of rotatable bonds is 3. The first kappa shape index (κ1) is 12.9. The number of nitrogens with one attached hydrogen (secondary N) is 1.